The van der Waals surface area contributed by atoms with E-state index in [0.717, 1.165) is 6.04 Å². The van der Waals surface area contributed by atoms with Crippen molar-refractivity contribution in [2.45, 2.75) is 64.1 Å². The van der Waals surface area contributed by atoms with Crippen LogP contribution in [0.2, 0.25) is 0 Å². The number of hydrogen-bond acceptors (Lipinski definition) is 2. The zero-order valence-corrected chi connectivity index (χ0v) is 11.2. The van der Waals surface area contributed by atoms with Crippen LogP contribution in [0.3, 0.4) is 0 Å². The van der Waals surface area contributed by atoms with Gasteiger partial charge in [-0.25, -0.2) is 0 Å². The molecule has 2 fully saturated rings. The van der Waals surface area contributed by atoms with Crippen LogP contribution in [0.25, 0.3) is 0 Å². The fourth-order valence-electron chi connectivity index (χ4n) is 2.78. The molecule has 0 aromatic heterocycles. The van der Waals surface area contributed by atoms with Gasteiger partial charge in [0.1, 0.15) is 0 Å². The minimum Gasteiger partial charge on any atom is -0.370 e. The van der Waals surface area contributed by atoms with Gasteiger partial charge in [0, 0.05) is 12.1 Å². The highest BCUT2D eigenvalue weighted by atomic mass is 15.2. The van der Waals surface area contributed by atoms with E-state index in [1.165, 1.54) is 45.2 Å². The molecule has 0 bridgehead atoms. The molecule has 4 nitrogen and oxygen atoms in total. The number of piperidine rings is 1. The summed E-state index contributed by atoms with van der Waals surface area (Å²) < 4.78 is 0. The number of nitrogens with one attached hydrogen (secondary N) is 1. The Morgan fingerprint density at radius 3 is 2.47 bits per heavy atom. The van der Waals surface area contributed by atoms with E-state index in [9.17, 15) is 0 Å². The van der Waals surface area contributed by atoms with Crippen LogP contribution in [0.1, 0.15) is 46.0 Å². The van der Waals surface area contributed by atoms with Crippen LogP contribution < -0.4 is 11.1 Å². The Morgan fingerprint density at radius 1 is 1.24 bits per heavy atom. The van der Waals surface area contributed by atoms with E-state index in [1.807, 2.05) is 0 Å². The summed E-state index contributed by atoms with van der Waals surface area (Å²) in [4.78, 5) is 7.16. The van der Waals surface area contributed by atoms with Crippen molar-refractivity contribution in [3.8, 4) is 0 Å². The second-order valence-corrected chi connectivity index (χ2v) is 5.69. The molecule has 3 N–H and O–H groups in total. The molecule has 98 valence electrons. The Morgan fingerprint density at radius 2 is 1.88 bits per heavy atom. The fourth-order valence-corrected chi connectivity index (χ4v) is 2.78. The van der Waals surface area contributed by atoms with Crippen LogP contribution in [0.5, 0.6) is 0 Å². The number of likely N-dealkylation sites (tertiary alicyclic amines) is 1. The SMILES string of the molecule is CC(C)NC(N)=NC1CC(N2CCCCC2)C1. The van der Waals surface area contributed by atoms with Gasteiger partial charge in [-0.2, -0.15) is 0 Å². The summed E-state index contributed by atoms with van der Waals surface area (Å²) in [6.45, 7) is 6.75. The third-order valence-corrected chi connectivity index (χ3v) is 3.75. The molecule has 0 amide bonds. The monoisotopic (exact) mass is 238 g/mol. The lowest BCUT2D eigenvalue weighted by Crippen LogP contribution is -2.49. The van der Waals surface area contributed by atoms with E-state index in [0.29, 0.717) is 18.0 Å². The highest BCUT2D eigenvalue weighted by Crippen LogP contribution is 2.30. The molecule has 1 aliphatic heterocycles. The van der Waals surface area contributed by atoms with Crippen molar-refractivity contribution in [1.82, 2.24) is 10.2 Å². The summed E-state index contributed by atoms with van der Waals surface area (Å²) in [6, 6.07) is 1.60. The van der Waals surface area contributed by atoms with Gasteiger partial charge in [-0.05, 0) is 52.6 Å². The molecule has 1 saturated carbocycles. The minimum atomic E-state index is 0.372. The smallest absolute Gasteiger partial charge is 0.189 e. The molecule has 0 unspecified atom stereocenters. The normalized spacial score (nSPS) is 31.4. The Bertz CT molecular complexity index is 263. The maximum absolute atomic E-state index is 5.83. The average Bonchev–Trinajstić information content (AvgIpc) is 2.23. The van der Waals surface area contributed by atoms with Crippen molar-refractivity contribution in [2.24, 2.45) is 10.7 Å². The van der Waals surface area contributed by atoms with E-state index in [1.54, 1.807) is 0 Å². The van der Waals surface area contributed by atoms with Crippen molar-refractivity contribution in [1.29, 1.82) is 0 Å². The number of hydrogen-bond donors (Lipinski definition) is 2. The zero-order valence-electron chi connectivity index (χ0n) is 11.2. The molecular weight excluding hydrogens is 212 g/mol. The van der Waals surface area contributed by atoms with Gasteiger partial charge in [0.25, 0.3) is 0 Å². The molecule has 1 heterocycles. The summed E-state index contributed by atoms with van der Waals surface area (Å²) >= 11 is 0. The molecule has 0 aromatic rings. The number of aliphatic imine (C=N–C) groups is 1. The average molecular weight is 238 g/mol. The molecule has 4 heteroatoms. The number of guanidine groups is 1. The lowest BCUT2D eigenvalue weighted by atomic mass is 9.85. The molecule has 17 heavy (non-hydrogen) atoms. The Balaban J connectivity index is 1.71. The van der Waals surface area contributed by atoms with E-state index in [4.69, 9.17) is 5.73 Å². The van der Waals surface area contributed by atoms with Gasteiger partial charge >= 0.3 is 0 Å². The van der Waals surface area contributed by atoms with Gasteiger partial charge in [0.15, 0.2) is 5.96 Å². The predicted molar refractivity (Wildman–Crippen MR) is 72.1 cm³/mol. The Labute approximate surface area is 105 Å². The van der Waals surface area contributed by atoms with Crippen LogP contribution in [0.15, 0.2) is 4.99 Å². The minimum absolute atomic E-state index is 0.372. The molecule has 2 aliphatic rings. The molecule has 1 aliphatic carbocycles. The van der Waals surface area contributed by atoms with Crippen LogP contribution in [-0.2, 0) is 0 Å². The fraction of sp³-hybridized carbons (Fsp3) is 0.923. The Kier molecular flexibility index (Phi) is 4.26. The van der Waals surface area contributed by atoms with Gasteiger partial charge in [-0.1, -0.05) is 6.42 Å². The summed E-state index contributed by atoms with van der Waals surface area (Å²) in [6.07, 6.45) is 6.56. The third kappa shape index (κ3) is 3.60. The highest BCUT2D eigenvalue weighted by Gasteiger charge is 2.33. The lowest BCUT2D eigenvalue weighted by Gasteiger charge is -2.43. The first-order valence-corrected chi connectivity index (χ1v) is 6.99. The summed E-state index contributed by atoms with van der Waals surface area (Å²) in [5.41, 5.74) is 5.83. The molecule has 0 atom stereocenters. The van der Waals surface area contributed by atoms with Crippen LogP contribution in [-0.4, -0.2) is 42.1 Å². The van der Waals surface area contributed by atoms with E-state index in [2.05, 4.69) is 29.1 Å². The van der Waals surface area contributed by atoms with Crippen molar-refractivity contribution < 1.29 is 0 Å². The number of rotatable bonds is 3. The molecule has 0 spiro atoms. The first kappa shape index (κ1) is 12.7. The van der Waals surface area contributed by atoms with Crippen LogP contribution in [0, 0.1) is 0 Å². The topological polar surface area (TPSA) is 53.6 Å². The second kappa shape index (κ2) is 5.71. The molecule has 0 radical (unpaired) electrons. The molecular formula is C13H26N4. The number of nitrogens with zero attached hydrogens (tertiary/aromatic N) is 2. The van der Waals surface area contributed by atoms with E-state index >= 15 is 0 Å². The van der Waals surface area contributed by atoms with Crippen LogP contribution >= 0.6 is 0 Å². The third-order valence-electron chi connectivity index (χ3n) is 3.75. The Hall–Kier alpha value is -0.770. The van der Waals surface area contributed by atoms with Gasteiger partial charge < -0.3 is 16.0 Å². The van der Waals surface area contributed by atoms with Gasteiger partial charge in [-0.3, -0.25) is 4.99 Å². The highest BCUT2D eigenvalue weighted by molar-refractivity contribution is 5.78. The quantitative estimate of drug-likeness (QED) is 0.576. The molecule has 2 rings (SSSR count). The first-order valence-electron chi connectivity index (χ1n) is 6.99. The maximum atomic E-state index is 5.83. The van der Waals surface area contributed by atoms with Crippen molar-refractivity contribution >= 4 is 5.96 Å². The first-order chi connectivity index (χ1) is 8.15. The summed E-state index contributed by atoms with van der Waals surface area (Å²) in [5, 5.41) is 3.15. The molecule has 0 aromatic carbocycles. The second-order valence-electron chi connectivity index (χ2n) is 5.69. The van der Waals surface area contributed by atoms with Crippen molar-refractivity contribution in [3.63, 3.8) is 0 Å². The van der Waals surface area contributed by atoms with Crippen molar-refractivity contribution in [3.05, 3.63) is 0 Å². The zero-order chi connectivity index (χ0) is 12.3. The van der Waals surface area contributed by atoms with Gasteiger partial charge in [-0.15, -0.1) is 0 Å². The van der Waals surface area contributed by atoms with Crippen molar-refractivity contribution in [2.75, 3.05) is 13.1 Å². The largest absolute Gasteiger partial charge is 0.370 e. The summed E-state index contributed by atoms with van der Waals surface area (Å²) in [5.74, 6) is 0.613. The van der Waals surface area contributed by atoms with Gasteiger partial charge in [0.2, 0.25) is 0 Å². The van der Waals surface area contributed by atoms with E-state index < -0.39 is 0 Å². The van der Waals surface area contributed by atoms with Gasteiger partial charge in [0.05, 0.1) is 6.04 Å². The predicted octanol–water partition coefficient (Wildman–Crippen LogP) is 1.32. The standard InChI is InChI=1S/C13H26N4/c1-10(2)15-13(14)16-11-8-12(9-11)17-6-4-3-5-7-17/h10-12H,3-9H2,1-2H3,(H3,14,15,16). The number of nitrogens with two attached hydrogens (primary N) is 1. The van der Waals surface area contributed by atoms with Crippen LogP contribution in [0.4, 0.5) is 0 Å². The van der Waals surface area contributed by atoms with E-state index in [-0.39, 0.29) is 0 Å². The lowest BCUT2D eigenvalue weighted by molar-refractivity contribution is 0.0911. The maximum Gasteiger partial charge on any atom is 0.189 e. The molecule has 1 saturated heterocycles. The summed E-state index contributed by atoms with van der Waals surface area (Å²) in [7, 11) is 0.